The molecule has 0 radical (unpaired) electrons. The molecule has 4 heterocycles. The van der Waals surface area contributed by atoms with Crippen molar-refractivity contribution >= 4 is 65.0 Å². The average Bonchev–Trinajstić information content (AvgIpc) is 3.17. The molecule has 5 nitrogen and oxygen atoms in total. The Kier molecular flexibility index (Phi) is 5.81. The van der Waals surface area contributed by atoms with Crippen molar-refractivity contribution in [2.75, 3.05) is 0 Å². The minimum Gasteiger partial charge on any atom is -0.254 e. The third kappa shape index (κ3) is 4.01. The van der Waals surface area contributed by atoms with Crippen LogP contribution in [0.4, 0.5) is 0 Å². The summed E-state index contributed by atoms with van der Waals surface area (Å²) >= 11 is 0. The van der Waals surface area contributed by atoms with Crippen molar-refractivity contribution in [3.63, 3.8) is 0 Å². The zero-order valence-electron chi connectivity index (χ0n) is 25.7. The van der Waals surface area contributed by atoms with Gasteiger partial charge in [-0.3, -0.25) is 9.97 Å². The van der Waals surface area contributed by atoms with Gasteiger partial charge >= 0.3 is 0 Å². The summed E-state index contributed by atoms with van der Waals surface area (Å²) in [5.74, 6) is 0.658. The summed E-state index contributed by atoms with van der Waals surface area (Å²) in [6, 6.07) is 44.5. The van der Waals surface area contributed by atoms with Crippen molar-refractivity contribution in [3.05, 3.63) is 152 Å². The van der Waals surface area contributed by atoms with Gasteiger partial charge in [-0.15, -0.1) is 0 Å². The monoisotopic (exact) mass is 611 g/mol. The summed E-state index contributed by atoms with van der Waals surface area (Å²) in [6.07, 6.45) is 7.43. The quantitative estimate of drug-likeness (QED) is 0.186. The van der Waals surface area contributed by atoms with Crippen LogP contribution in [-0.2, 0) is 0 Å². The summed E-state index contributed by atoms with van der Waals surface area (Å²) in [5.41, 5.74) is 7.60. The smallest absolute Gasteiger partial charge is 0.159 e. The van der Waals surface area contributed by atoms with Crippen LogP contribution in [0.3, 0.4) is 0 Å². The van der Waals surface area contributed by atoms with Crippen molar-refractivity contribution in [2.45, 2.75) is 0 Å². The van der Waals surface area contributed by atoms with Crippen LogP contribution in [0.5, 0.6) is 0 Å². The van der Waals surface area contributed by atoms with Crippen LogP contribution >= 0.6 is 0 Å². The minimum atomic E-state index is 0.658. The van der Waals surface area contributed by atoms with Gasteiger partial charge in [-0.1, -0.05) is 97.1 Å². The van der Waals surface area contributed by atoms with Crippen LogP contribution in [-0.4, -0.2) is 24.9 Å². The Labute approximate surface area is 275 Å². The largest absolute Gasteiger partial charge is 0.254 e. The zero-order chi connectivity index (χ0) is 31.6. The number of fused-ring (bicyclic) bond motifs is 11. The Morgan fingerprint density at radius 1 is 0.396 bits per heavy atom. The van der Waals surface area contributed by atoms with Gasteiger partial charge in [0.2, 0.25) is 0 Å². The molecule has 0 unspecified atom stereocenters. The van der Waals surface area contributed by atoms with Crippen LogP contribution in [0.15, 0.2) is 152 Å². The third-order valence-electron chi connectivity index (χ3n) is 9.39. The second-order valence-electron chi connectivity index (χ2n) is 12.1. The lowest BCUT2D eigenvalue weighted by Crippen LogP contribution is -1.95. The Balaban J connectivity index is 1.16. The van der Waals surface area contributed by atoms with Crippen molar-refractivity contribution in [2.24, 2.45) is 0 Å². The topological polar surface area (TPSA) is 64.5 Å². The van der Waals surface area contributed by atoms with Gasteiger partial charge in [0.15, 0.2) is 5.82 Å². The standard InChI is InChI=1S/C43H25N5/c1-3-15-32-30(13-1)31-14-2-4-16-33(31)39-38(32)35-17-5-6-19-37(35)48-40(39)26-10-7-11-28(22-26)43-46-24-29(25-47-43)36-23-27-12-8-20-44-41(27)42-34(36)18-9-21-45-42/h1-25H. The molecule has 0 atom stereocenters. The van der Waals surface area contributed by atoms with E-state index in [-0.39, 0.29) is 0 Å². The molecule has 0 aliphatic rings. The number of benzene rings is 6. The molecule has 0 aliphatic heterocycles. The predicted molar refractivity (Wildman–Crippen MR) is 197 cm³/mol. The highest BCUT2D eigenvalue weighted by Gasteiger charge is 2.18. The highest BCUT2D eigenvalue weighted by atomic mass is 14.9. The van der Waals surface area contributed by atoms with Crippen LogP contribution < -0.4 is 0 Å². The molecule has 0 N–H and O–H groups in total. The fourth-order valence-corrected chi connectivity index (χ4v) is 7.27. The highest BCUT2D eigenvalue weighted by Crippen LogP contribution is 2.43. The van der Waals surface area contributed by atoms with Gasteiger partial charge in [0.1, 0.15) is 0 Å². The Hall–Kier alpha value is -6.59. The van der Waals surface area contributed by atoms with Gasteiger partial charge in [-0.05, 0) is 57.4 Å². The van der Waals surface area contributed by atoms with Crippen LogP contribution in [0, 0.1) is 0 Å². The molecule has 0 aliphatic carbocycles. The molecule has 0 saturated carbocycles. The van der Waals surface area contributed by atoms with Gasteiger partial charge in [0.05, 0.1) is 22.2 Å². The van der Waals surface area contributed by atoms with E-state index in [0.717, 1.165) is 66.0 Å². The van der Waals surface area contributed by atoms with Gasteiger partial charge in [-0.25, -0.2) is 15.0 Å². The van der Waals surface area contributed by atoms with E-state index in [0.29, 0.717) is 5.82 Å². The predicted octanol–water partition coefficient (Wildman–Crippen LogP) is 10.6. The number of rotatable bonds is 3. The summed E-state index contributed by atoms with van der Waals surface area (Å²) in [7, 11) is 0. The first-order valence-electron chi connectivity index (χ1n) is 16.0. The maximum absolute atomic E-state index is 5.32. The summed E-state index contributed by atoms with van der Waals surface area (Å²) < 4.78 is 0. The van der Waals surface area contributed by atoms with E-state index in [1.165, 1.54) is 26.9 Å². The molecule has 48 heavy (non-hydrogen) atoms. The first-order chi connectivity index (χ1) is 23.8. The van der Waals surface area contributed by atoms with Crippen molar-refractivity contribution in [1.29, 1.82) is 0 Å². The molecular weight excluding hydrogens is 587 g/mol. The lowest BCUT2D eigenvalue weighted by molar-refractivity contribution is 1.18. The molecule has 10 rings (SSSR count). The maximum atomic E-state index is 5.32. The second kappa shape index (κ2) is 10.5. The number of para-hydroxylation sites is 1. The fourth-order valence-electron chi connectivity index (χ4n) is 7.27. The van der Waals surface area contributed by atoms with E-state index >= 15 is 0 Å². The van der Waals surface area contributed by atoms with Crippen LogP contribution in [0.2, 0.25) is 0 Å². The molecule has 0 fully saturated rings. The molecule has 0 bridgehead atoms. The Morgan fingerprint density at radius 3 is 1.81 bits per heavy atom. The van der Waals surface area contributed by atoms with E-state index in [9.17, 15) is 0 Å². The molecule has 0 amide bonds. The van der Waals surface area contributed by atoms with E-state index in [1.807, 2.05) is 36.9 Å². The van der Waals surface area contributed by atoms with E-state index in [2.05, 4.69) is 125 Å². The number of nitrogens with zero attached hydrogens (tertiary/aromatic N) is 5. The van der Waals surface area contributed by atoms with E-state index < -0.39 is 0 Å². The van der Waals surface area contributed by atoms with Gasteiger partial charge in [-0.2, -0.15) is 0 Å². The fraction of sp³-hybridized carbons (Fsp3) is 0. The number of hydrogen-bond acceptors (Lipinski definition) is 5. The second-order valence-corrected chi connectivity index (χ2v) is 12.1. The van der Waals surface area contributed by atoms with Gasteiger partial charge in [0.25, 0.3) is 0 Å². The summed E-state index contributed by atoms with van der Waals surface area (Å²) in [4.78, 5) is 24.4. The first kappa shape index (κ1) is 26.6. The summed E-state index contributed by atoms with van der Waals surface area (Å²) in [6.45, 7) is 0. The van der Waals surface area contributed by atoms with Crippen LogP contribution in [0.1, 0.15) is 0 Å². The van der Waals surface area contributed by atoms with Crippen molar-refractivity contribution in [1.82, 2.24) is 24.9 Å². The molecular formula is C43H25N5. The molecule has 10 aromatic rings. The maximum Gasteiger partial charge on any atom is 0.159 e. The van der Waals surface area contributed by atoms with Gasteiger partial charge in [0, 0.05) is 68.4 Å². The number of hydrogen-bond donors (Lipinski definition) is 0. The lowest BCUT2D eigenvalue weighted by atomic mass is 9.90. The molecule has 222 valence electrons. The minimum absolute atomic E-state index is 0.658. The summed E-state index contributed by atoms with van der Waals surface area (Å²) in [5, 5.41) is 10.5. The molecule has 0 saturated heterocycles. The molecule has 5 heteroatoms. The van der Waals surface area contributed by atoms with E-state index in [4.69, 9.17) is 15.0 Å². The van der Waals surface area contributed by atoms with Crippen LogP contribution in [0.25, 0.3) is 98.8 Å². The van der Waals surface area contributed by atoms with Crippen molar-refractivity contribution < 1.29 is 0 Å². The lowest BCUT2D eigenvalue weighted by Gasteiger charge is -2.16. The average molecular weight is 612 g/mol. The number of aromatic nitrogens is 5. The molecule has 4 aromatic heterocycles. The van der Waals surface area contributed by atoms with E-state index in [1.54, 1.807) is 0 Å². The first-order valence-corrected chi connectivity index (χ1v) is 16.0. The Bertz CT molecular complexity index is 2900. The normalized spacial score (nSPS) is 11.8. The van der Waals surface area contributed by atoms with Crippen molar-refractivity contribution in [3.8, 4) is 33.8 Å². The number of pyridine rings is 3. The zero-order valence-corrected chi connectivity index (χ0v) is 25.7. The Morgan fingerprint density at radius 2 is 1.02 bits per heavy atom. The molecule has 0 spiro atoms. The van der Waals surface area contributed by atoms with Gasteiger partial charge < -0.3 is 0 Å². The molecule has 6 aromatic carbocycles. The highest BCUT2D eigenvalue weighted by molar-refractivity contribution is 6.33. The SMILES string of the molecule is c1cc(-c2ncc(-c3cc4cccnc4c4ncccc34)cn2)cc(-c2nc3ccccc3c3c4ccccc4c4ccccc4c23)c1. The third-order valence-corrected chi connectivity index (χ3v) is 9.39.